The lowest BCUT2D eigenvalue weighted by atomic mass is 9.94. The van der Waals surface area contributed by atoms with Gasteiger partial charge >= 0.3 is 0 Å². The van der Waals surface area contributed by atoms with Gasteiger partial charge in [-0.2, -0.15) is 0 Å². The lowest BCUT2D eigenvalue weighted by Gasteiger charge is -2.19. The van der Waals surface area contributed by atoms with Gasteiger partial charge in [-0.3, -0.25) is 9.59 Å². The number of rotatable bonds is 4. The number of amides is 2. The van der Waals surface area contributed by atoms with Gasteiger partial charge in [-0.25, -0.2) is 0 Å². The Balaban J connectivity index is 1.45. The first-order valence-corrected chi connectivity index (χ1v) is 7.46. The Hall–Kier alpha value is -1.32. The van der Waals surface area contributed by atoms with E-state index in [0.29, 0.717) is 24.9 Å². The molecule has 2 atom stereocenters. The van der Waals surface area contributed by atoms with Crippen molar-refractivity contribution in [3.8, 4) is 0 Å². The summed E-state index contributed by atoms with van der Waals surface area (Å²) in [6.07, 6.45) is 10.4. The number of likely N-dealkylation sites (tertiary alicyclic amines) is 1. The molecule has 1 saturated carbocycles. The molecule has 104 valence electrons. The highest BCUT2D eigenvalue weighted by Gasteiger charge is 2.41. The van der Waals surface area contributed by atoms with Crippen LogP contribution in [-0.4, -0.2) is 35.8 Å². The van der Waals surface area contributed by atoms with Gasteiger partial charge in [-0.05, 0) is 38.0 Å². The monoisotopic (exact) mass is 262 g/mol. The zero-order chi connectivity index (χ0) is 13.2. The summed E-state index contributed by atoms with van der Waals surface area (Å²) in [5.41, 5.74) is 0. The number of allylic oxidation sites excluding steroid dienone is 2. The summed E-state index contributed by atoms with van der Waals surface area (Å²) in [5.74, 6) is 0.701. The largest absolute Gasteiger partial charge is 0.356 e. The number of carbonyl (C=O) groups is 2. The maximum absolute atomic E-state index is 12.1. The van der Waals surface area contributed by atoms with Gasteiger partial charge in [-0.1, -0.05) is 12.2 Å². The Morgan fingerprint density at radius 1 is 1.32 bits per heavy atom. The van der Waals surface area contributed by atoms with Gasteiger partial charge in [0.2, 0.25) is 11.8 Å². The molecule has 1 aliphatic heterocycles. The van der Waals surface area contributed by atoms with Gasteiger partial charge in [0.25, 0.3) is 0 Å². The minimum absolute atomic E-state index is 0.0750. The van der Waals surface area contributed by atoms with Crippen LogP contribution in [0.1, 0.15) is 38.5 Å². The van der Waals surface area contributed by atoms with Crippen molar-refractivity contribution in [1.82, 2.24) is 10.2 Å². The second-order valence-electron chi connectivity index (χ2n) is 6.07. The van der Waals surface area contributed by atoms with E-state index in [2.05, 4.69) is 17.5 Å². The fourth-order valence-corrected chi connectivity index (χ4v) is 3.08. The van der Waals surface area contributed by atoms with Gasteiger partial charge in [0, 0.05) is 25.6 Å². The summed E-state index contributed by atoms with van der Waals surface area (Å²) in [6.45, 7) is 1.40. The standard InChI is InChI=1S/C15H22N2O2/c18-14-8-12(10-17(14)13-6-7-13)15(19)16-9-11-4-2-1-3-5-11/h1-2,11-13H,3-10H2,(H,16,19)/t11-,12+/m1/s1. The van der Waals surface area contributed by atoms with E-state index >= 15 is 0 Å². The predicted molar refractivity (Wildman–Crippen MR) is 72.3 cm³/mol. The summed E-state index contributed by atoms with van der Waals surface area (Å²) in [7, 11) is 0. The molecule has 2 amide bonds. The maximum atomic E-state index is 12.1. The molecular weight excluding hydrogens is 240 g/mol. The first-order chi connectivity index (χ1) is 9.24. The summed E-state index contributed by atoms with van der Waals surface area (Å²) in [5, 5.41) is 3.04. The third-order valence-electron chi connectivity index (χ3n) is 4.46. The van der Waals surface area contributed by atoms with Crippen molar-refractivity contribution in [3.05, 3.63) is 12.2 Å². The minimum atomic E-state index is -0.118. The molecule has 0 aromatic heterocycles. The van der Waals surface area contributed by atoms with Crippen LogP contribution in [0, 0.1) is 11.8 Å². The van der Waals surface area contributed by atoms with Gasteiger partial charge < -0.3 is 10.2 Å². The Bertz CT molecular complexity index is 401. The lowest BCUT2D eigenvalue weighted by molar-refractivity contribution is -0.129. The second kappa shape index (κ2) is 5.35. The van der Waals surface area contributed by atoms with Crippen molar-refractivity contribution < 1.29 is 9.59 Å². The molecule has 0 unspecified atom stereocenters. The van der Waals surface area contributed by atoms with Crippen molar-refractivity contribution in [2.45, 2.75) is 44.6 Å². The van der Waals surface area contributed by atoms with Crippen LogP contribution in [0.15, 0.2) is 12.2 Å². The molecule has 1 heterocycles. The van der Waals surface area contributed by atoms with Crippen molar-refractivity contribution >= 4 is 11.8 Å². The molecule has 0 radical (unpaired) electrons. The van der Waals surface area contributed by atoms with Gasteiger partial charge in [-0.15, -0.1) is 0 Å². The van der Waals surface area contributed by atoms with Crippen LogP contribution in [0.5, 0.6) is 0 Å². The fourth-order valence-electron chi connectivity index (χ4n) is 3.08. The van der Waals surface area contributed by atoms with Crippen LogP contribution in [0.4, 0.5) is 0 Å². The maximum Gasteiger partial charge on any atom is 0.225 e. The predicted octanol–water partition coefficient (Wildman–Crippen LogP) is 1.47. The van der Waals surface area contributed by atoms with Gasteiger partial charge in [0.05, 0.1) is 5.92 Å². The highest BCUT2D eigenvalue weighted by molar-refractivity contribution is 5.89. The molecule has 2 fully saturated rings. The van der Waals surface area contributed by atoms with Crippen LogP contribution in [-0.2, 0) is 9.59 Å². The second-order valence-corrected chi connectivity index (χ2v) is 6.07. The summed E-state index contributed by atoms with van der Waals surface area (Å²) < 4.78 is 0. The van der Waals surface area contributed by atoms with Crippen LogP contribution >= 0.6 is 0 Å². The molecule has 4 heteroatoms. The Morgan fingerprint density at radius 3 is 2.84 bits per heavy atom. The van der Waals surface area contributed by atoms with E-state index in [9.17, 15) is 9.59 Å². The molecule has 0 spiro atoms. The fraction of sp³-hybridized carbons (Fsp3) is 0.733. The quantitative estimate of drug-likeness (QED) is 0.780. The van der Waals surface area contributed by atoms with Crippen LogP contribution < -0.4 is 5.32 Å². The SMILES string of the molecule is O=C(NC[C@@H]1CC=CCC1)[C@H]1CC(=O)N(C2CC2)C1. The molecule has 1 N–H and O–H groups in total. The van der Waals surface area contributed by atoms with Crippen molar-refractivity contribution in [1.29, 1.82) is 0 Å². The normalized spacial score (nSPS) is 30.7. The molecule has 2 aliphatic carbocycles. The summed E-state index contributed by atoms with van der Waals surface area (Å²) >= 11 is 0. The molecule has 19 heavy (non-hydrogen) atoms. The van der Waals surface area contributed by atoms with Crippen molar-refractivity contribution in [2.24, 2.45) is 11.8 Å². The highest BCUT2D eigenvalue weighted by Crippen LogP contribution is 2.32. The molecule has 0 aromatic rings. The number of hydrogen-bond acceptors (Lipinski definition) is 2. The van der Waals surface area contributed by atoms with E-state index in [0.717, 1.165) is 38.6 Å². The van der Waals surface area contributed by atoms with E-state index in [1.165, 1.54) is 0 Å². The highest BCUT2D eigenvalue weighted by atomic mass is 16.2. The summed E-state index contributed by atoms with van der Waals surface area (Å²) in [6, 6.07) is 0.439. The van der Waals surface area contributed by atoms with Crippen molar-refractivity contribution in [3.63, 3.8) is 0 Å². The van der Waals surface area contributed by atoms with E-state index < -0.39 is 0 Å². The molecule has 4 nitrogen and oxygen atoms in total. The molecule has 3 rings (SSSR count). The molecule has 3 aliphatic rings. The topological polar surface area (TPSA) is 49.4 Å². The third kappa shape index (κ3) is 2.99. The molecule has 0 aromatic carbocycles. The summed E-state index contributed by atoms with van der Waals surface area (Å²) in [4.78, 5) is 25.8. The number of nitrogens with one attached hydrogen (secondary N) is 1. The van der Waals surface area contributed by atoms with Crippen molar-refractivity contribution in [2.75, 3.05) is 13.1 Å². The van der Waals surface area contributed by atoms with Crippen LogP contribution in [0.25, 0.3) is 0 Å². The zero-order valence-electron chi connectivity index (χ0n) is 11.3. The molecular formula is C15H22N2O2. The lowest BCUT2D eigenvalue weighted by Crippen LogP contribution is -2.36. The zero-order valence-corrected chi connectivity index (χ0v) is 11.3. The first-order valence-electron chi connectivity index (χ1n) is 7.46. The average molecular weight is 262 g/mol. The van der Waals surface area contributed by atoms with E-state index in [-0.39, 0.29) is 17.7 Å². The van der Waals surface area contributed by atoms with Gasteiger partial charge in [0.15, 0.2) is 0 Å². The number of carbonyl (C=O) groups excluding carboxylic acids is 2. The molecule has 0 bridgehead atoms. The number of hydrogen-bond donors (Lipinski definition) is 1. The Labute approximate surface area is 114 Å². The van der Waals surface area contributed by atoms with Crippen LogP contribution in [0.3, 0.4) is 0 Å². The van der Waals surface area contributed by atoms with E-state index in [1.54, 1.807) is 0 Å². The third-order valence-corrected chi connectivity index (χ3v) is 4.46. The Morgan fingerprint density at radius 2 is 2.16 bits per heavy atom. The molecule has 1 saturated heterocycles. The van der Waals surface area contributed by atoms with Crippen LogP contribution in [0.2, 0.25) is 0 Å². The Kier molecular flexibility index (Phi) is 3.58. The number of nitrogens with zero attached hydrogens (tertiary/aromatic N) is 1. The first kappa shape index (κ1) is 12.7. The average Bonchev–Trinajstić information content (AvgIpc) is 3.20. The van der Waals surface area contributed by atoms with Gasteiger partial charge in [0.1, 0.15) is 0 Å². The van der Waals surface area contributed by atoms with E-state index in [1.807, 2.05) is 4.90 Å². The smallest absolute Gasteiger partial charge is 0.225 e. The van der Waals surface area contributed by atoms with E-state index in [4.69, 9.17) is 0 Å². The minimum Gasteiger partial charge on any atom is -0.356 e.